The second kappa shape index (κ2) is 5.68. The molecule has 0 aliphatic carbocycles. The van der Waals surface area contributed by atoms with E-state index in [2.05, 4.69) is 27.5 Å². The molecule has 3 nitrogen and oxygen atoms in total. The van der Waals surface area contributed by atoms with Gasteiger partial charge in [-0.2, -0.15) is 0 Å². The first-order valence-corrected chi connectivity index (χ1v) is 8.07. The maximum absolute atomic E-state index is 4.52. The van der Waals surface area contributed by atoms with Crippen molar-refractivity contribution < 1.29 is 0 Å². The molecule has 0 bridgehead atoms. The summed E-state index contributed by atoms with van der Waals surface area (Å²) in [6.07, 6.45) is 6.59. The number of rotatable bonds is 4. The highest BCUT2D eigenvalue weighted by Gasteiger charge is 2.31. The first kappa shape index (κ1) is 12.6. The molecule has 2 unspecified atom stereocenters. The van der Waals surface area contributed by atoms with Crippen molar-refractivity contribution in [1.29, 1.82) is 0 Å². The fourth-order valence-corrected chi connectivity index (χ4v) is 3.98. The van der Waals surface area contributed by atoms with Crippen LogP contribution in [0.5, 0.6) is 0 Å². The number of piperidine rings is 1. The van der Waals surface area contributed by atoms with E-state index in [1.165, 1.54) is 49.5 Å². The second-order valence-electron chi connectivity index (χ2n) is 5.62. The van der Waals surface area contributed by atoms with Gasteiger partial charge in [-0.05, 0) is 45.7 Å². The summed E-state index contributed by atoms with van der Waals surface area (Å²) < 4.78 is 0. The zero-order valence-electron chi connectivity index (χ0n) is 11.2. The Morgan fingerprint density at radius 1 is 1.44 bits per heavy atom. The lowest BCUT2D eigenvalue weighted by atomic mass is 9.97. The fraction of sp³-hybridized carbons (Fsp3) is 0.786. The van der Waals surface area contributed by atoms with Crippen molar-refractivity contribution in [3.63, 3.8) is 0 Å². The highest BCUT2D eigenvalue weighted by atomic mass is 32.1. The van der Waals surface area contributed by atoms with Crippen LogP contribution in [-0.2, 0) is 6.42 Å². The molecule has 0 radical (unpaired) electrons. The van der Waals surface area contributed by atoms with Gasteiger partial charge in [0.1, 0.15) is 0 Å². The van der Waals surface area contributed by atoms with Crippen molar-refractivity contribution in [2.75, 3.05) is 19.6 Å². The Morgan fingerprint density at radius 2 is 2.39 bits per heavy atom. The van der Waals surface area contributed by atoms with Crippen molar-refractivity contribution in [2.24, 2.45) is 0 Å². The predicted octanol–water partition coefficient (Wildman–Crippen LogP) is 2.21. The van der Waals surface area contributed by atoms with Crippen molar-refractivity contribution >= 4 is 11.3 Å². The van der Waals surface area contributed by atoms with E-state index in [9.17, 15) is 0 Å². The molecule has 0 aromatic carbocycles. The van der Waals surface area contributed by atoms with Gasteiger partial charge < -0.3 is 10.2 Å². The molecule has 2 aliphatic rings. The number of nitrogens with zero attached hydrogens (tertiary/aromatic N) is 2. The van der Waals surface area contributed by atoms with Gasteiger partial charge in [0, 0.05) is 30.4 Å². The third-order valence-electron chi connectivity index (χ3n) is 4.30. The van der Waals surface area contributed by atoms with Crippen LogP contribution in [0, 0.1) is 6.92 Å². The SMILES string of the molecule is Cc1nc(CCNC2CCN3CCCC3C2)cs1. The predicted molar refractivity (Wildman–Crippen MR) is 76.2 cm³/mol. The monoisotopic (exact) mass is 265 g/mol. The molecule has 3 rings (SSSR count). The van der Waals surface area contributed by atoms with E-state index in [0.717, 1.165) is 25.0 Å². The number of aryl methyl sites for hydroxylation is 1. The number of aromatic nitrogens is 1. The molecule has 18 heavy (non-hydrogen) atoms. The van der Waals surface area contributed by atoms with E-state index in [-0.39, 0.29) is 0 Å². The van der Waals surface area contributed by atoms with Crippen LogP contribution in [0.25, 0.3) is 0 Å². The summed E-state index contributed by atoms with van der Waals surface area (Å²) in [4.78, 5) is 7.20. The molecule has 2 saturated heterocycles. The standard InChI is InChI=1S/C14H23N3S/c1-11-16-13(10-18-11)4-6-15-12-5-8-17-7-2-3-14(17)9-12/h10,12,14-15H,2-9H2,1H3. The van der Waals surface area contributed by atoms with Gasteiger partial charge in [-0.25, -0.2) is 4.98 Å². The minimum Gasteiger partial charge on any atom is -0.313 e. The van der Waals surface area contributed by atoms with Crippen LogP contribution in [0.1, 0.15) is 36.4 Å². The van der Waals surface area contributed by atoms with Crippen molar-refractivity contribution in [3.8, 4) is 0 Å². The number of hydrogen-bond acceptors (Lipinski definition) is 4. The topological polar surface area (TPSA) is 28.2 Å². The number of hydrogen-bond donors (Lipinski definition) is 1. The van der Waals surface area contributed by atoms with Crippen LogP contribution < -0.4 is 5.32 Å². The first-order valence-electron chi connectivity index (χ1n) is 7.20. The molecular weight excluding hydrogens is 242 g/mol. The van der Waals surface area contributed by atoms with Crippen LogP contribution in [-0.4, -0.2) is 41.6 Å². The molecule has 1 aromatic heterocycles. The van der Waals surface area contributed by atoms with Gasteiger partial charge in [0.05, 0.1) is 10.7 Å². The lowest BCUT2D eigenvalue weighted by Gasteiger charge is -2.35. The number of nitrogens with one attached hydrogen (secondary N) is 1. The van der Waals surface area contributed by atoms with Crippen molar-refractivity contribution in [1.82, 2.24) is 15.2 Å². The molecule has 2 fully saturated rings. The third-order valence-corrected chi connectivity index (χ3v) is 5.12. The smallest absolute Gasteiger partial charge is 0.0897 e. The minimum absolute atomic E-state index is 0.740. The summed E-state index contributed by atoms with van der Waals surface area (Å²) in [5, 5.41) is 7.11. The first-order chi connectivity index (χ1) is 8.81. The molecule has 2 atom stereocenters. The van der Waals surface area contributed by atoms with E-state index in [1.807, 2.05) is 0 Å². The van der Waals surface area contributed by atoms with Crippen LogP contribution in [0.3, 0.4) is 0 Å². The zero-order valence-corrected chi connectivity index (χ0v) is 12.0. The summed E-state index contributed by atoms with van der Waals surface area (Å²) in [5.41, 5.74) is 1.25. The molecule has 0 spiro atoms. The Balaban J connectivity index is 1.41. The minimum atomic E-state index is 0.740. The van der Waals surface area contributed by atoms with E-state index in [0.29, 0.717) is 0 Å². The van der Waals surface area contributed by atoms with Crippen LogP contribution in [0.4, 0.5) is 0 Å². The lowest BCUT2D eigenvalue weighted by molar-refractivity contribution is 0.167. The summed E-state index contributed by atoms with van der Waals surface area (Å²) in [7, 11) is 0. The Kier molecular flexibility index (Phi) is 3.97. The normalized spacial score (nSPS) is 28.5. The Hall–Kier alpha value is -0.450. The molecule has 0 saturated carbocycles. The molecule has 4 heteroatoms. The van der Waals surface area contributed by atoms with Crippen molar-refractivity contribution in [3.05, 3.63) is 16.1 Å². The third kappa shape index (κ3) is 2.92. The van der Waals surface area contributed by atoms with E-state index < -0.39 is 0 Å². The van der Waals surface area contributed by atoms with E-state index in [4.69, 9.17) is 0 Å². The van der Waals surface area contributed by atoms with Gasteiger partial charge >= 0.3 is 0 Å². The Morgan fingerprint density at radius 3 is 3.22 bits per heavy atom. The van der Waals surface area contributed by atoms with Crippen molar-refractivity contribution in [2.45, 2.75) is 51.1 Å². The summed E-state index contributed by atoms with van der Waals surface area (Å²) in [6, 6.07) is 1.61. The Bertz CT molecular complexity index is 390. The average Bonchev–Trinajstić information content (AvgIpc) is 2.97. The zero-order chi connectivity index (χ0) is 12.4. The van der Waals surface area contributed by atoms with Crippen LogP contribution in [0.15, 0.2) is 5.38 Å². The molecule has 1 N–H and O–H groups in total. The summed E-state index contributed by atoms with van der Waals surface area (Å²) in [6.45, 7) is 5.81. The number of thiazole rings is 1. The molecule has 1 aromatic rings. The highest BCUT2D eigenvalue weighted by Crippen LogP contribution is 2.26. The van der Waals surface area contributed by atoms with Crippen LogP contribution >= 0.6 is 11.3 Å². The maximum atomic E-state index is 4.52. The van der Waals surface area contributed by atoms with Gasteiger partial charge in [-0.3, -0.25) is 0 Å². The lowest BCUT2D eigenvalue weighted by Crippen LogP contribution is -2.46. The molecule has 2 aliphatic heterocycles. The summed E-state index contributed by atoms with van der Waals surface area (Å²) >= 11 is 1.76. The molecule has 0 amide bonds. The molecular formula is C14H23N3S. The quantitative estimate of drug-likeness (QED) is 0.905. The van der Waals surface area contributed by atoms with E-state index >= 15 is 0 Å². The second-order valence-corrected chi connectivity index (χ2v) is 6.68. The van der Waals surface area contributed by atoms with Gasteiger partial charge in [0.2, 0.25) is 0 Å². The summed E-state index contributed by atoms with van der Waals surface area (Å²) in [5.74, 6) is 0. The maximum Gasteiger partial charge on any atom is 0.0897 e. The fourth-order valence-electron chi connectivity index (χ4n) is 3.34. The highest BCUT2D eigenvalue weighted by molar-refractivity contribution is 7.09. The van der Waals surface area contributed by atoms with Gasteiger partial charge in [-0.1, -0.05) is 0 Å². The van der Waals surface area contributed by atoms with Gasteiger partial charge in [0.15, 0.2) is 0 Å². The Labute approximate surface area is 114 Å². The van der Waals surface area contributed by atoms with Gasteiger partial charge in [-0.15, -0.1) is 11.3 Å². The van der Waals surface area contributed by atoms with Crippen LogP contribution in [0.2, 0.25) is 0 Å². The van der Waals surface area contributed by atoms with E-state index in [1.54, 1.807) is 11.3 Å². The number of fused-ring (bicyclic) bond motifs is 1. The average molecular weight is 265 g/mol. The molecule has 100 valence electrons. The van der Waals surface area contributed by atoms with Gasteiger partial charge in [0.25, 0.3) is 0 Å². The molecule has 3 heterocycles. The largest absolute Gasteiger partial charge is 0.313 e.